The van der Waals surface area contributed by atoms with Gasteiger partial charge in [0.15, 0.2) is 0 Å². The van der Waals surface area contributed by atoms with Crippen LogP contribution in [0.1, 0.15) is 69.2 Å². The zero-order chi connectivity index (χ0) is 21.1. The van der Waals surface area contributed by atoms with Crippen LogP contribution in [-0.4, -0.2) is 45.6 Å². The lowest BCUT2D eigenvalue weighted by atomic mass is 9.84. The van der Waals surface area contributed by atoms with Gasteiger partial charge in [0, 0.05) is 30.6 Å². The second-order valence-corrected chi connectivity index (χ2v) is 10.4. The van der Waals surface area contributed by atoms with Crippen LogP contribution >= 0.6 is 11.3 Å². The molecule has 2 aromatic rings. The molecule has 2 aromatic heterocycles. The first kappa shape index (κ1) is 21.9. The zero-order valence-electron chi connectivity index (χ0n) is 18.3. The van der Waals surface area contributed by atoms with Crippen LogP contribution in [0.25, 0.3) is 10.2 Å². The second kappa shape index (κ2) is 9.47. The maximum atomic E-state index is 13.1. The number of aryl methyl sites for hydroxylation is 2. The van der Waals surface area contributed by atoms with Gasteiger partial charge in [-0.3, -0.25) is 9.36 Å². The van der Waals surface area contributed by atoms with Crippen molar-refractivity contribution in [3.8, 4) is 0 Å². The van der Waals surface area contributed by atoms with Crippen molar-refractivity contribution in [2.24, 2.45) is 0 Å². The van der Waals surface area contributed by atoms with Gasteiger partial charge in [-0.15, -0.1) is 11.3 Å². The van der Waals surface area contributed by atoms with E-state index in [0.717, 1.165) is 61.6 Å². The molecule has 4 rings (SSSR count). The van der Waals surface area contributed by atoms with E-state index in [-0.39, 0.29) is 11.7 Å². The van der Waals surface area contributed by atoms with Crippen LogP contribution in [0.5, 0.6) is 0 Å². The van der Waals surface area contributed by atoms with Crippen molar-refractivity contribution in [2.45, 2.75) is 95.9 Å². The third-order valence-electron chi connectivity index (χ3n) is 6.53. The number of hydrogen-bond donors (Lipinski definition) is 2. The number of nitrogens with one attached hydrogen (secondary N) is 1. The molecule has 0 amide bonds. The van der Waals surface area contributed by atoms with Crippen molar-refractivity contribution in [3.05, 3.63) is 27.1 Å². The van der Waals surface area contributed by atoms with E-state index in [1.165, 1.54) is 16.9 Å². The lowest BCUT2D eigenvalue weighted by molar-refractivity contribution is 0.00233. The van der Waals surface area contributed by atoms with Gasteiger partial charge in [0.2, 0.25) is 0 Å². The largest absolute Gasteiger partial charge is 0.389 e. The summed E-state index contributed by atoms with van der Waals surface area (Å²) in [5, 5.41) is 15.2. The molecular weight excluding hydrogens is 398 g/mol. The summed E-state index contributed by atoms with van der Waals surface area (Å²) in [6.07, 6.45) is 10.9. The van der Waals surface area contributed by atoms with Gasteiger partial charge in [0.05, 0.1) is 23.4 Å². The molecule has 0 bridgehead atoms. The van der Waals surface area contributed by atoms with Crippen molar-refractivity contribution >= 4 is 21.6 Å². The predicted molar refractivity (Wildman–Crippen MR) is 121 cm³/mol. The molecule has 6 nitrogen and oxygen atoms in total. The quantitative estimate of drug-likeness (QED) is 0.624. The van der Waals surface area contributed by atoms with Crippen LogP contribution in [0.4, 0.5) is 0 Å². The van der Waals surface area contributed by atoms with Gasteiger partial charge in [0.1, 0.15) is 4.83 Å². The van der Waals surface area contributed by atoms with Crippen molar-refractivity contribution < 1.29 is 9.84 Å². The topological polar surface area (TPSA) is 76.4 Å². The summed E-state index contributed by atoms with van der Waals surface area (Å²) in [4.78, 5) is 19.8. The Morgan fingerprint density at radius 2 is 2.17 bits per heavy atom. The summed E-state index contributed by atoms with van der Waals surface area (Å²) in [5.74, 6) is 0. The molecule has 2 N–H and O–H groups in total. The minimum absolute atomic E-state index is 0.0879. The van der Waals surface area contributed by atoms with E-state index in [9.17, 15) is 9.90 Å². The second-order valence-electron chi connectivity index (χ2n) is 9.31. The van der Waals surface area contributed by atoms with Gasteiger partial charge in [-0.1, -0.05) is 19.3 Å². The fraction of sp³-hybridized carbons (Fsp3) is 0.739. The Balaban J connectivity index is 1.42. The van der Waals surface area contributed by atoms with Crippen molar-refractivity contribution in [1.29, 1.82) is 0 Å². The average Bonchev–Trinajstić information content (AvgIpc) is 3.10. The highest BCUT2D eigenvalue weighted by Gasteiger charge is 2.31. The van der Waals surface area contributed by atoms with E-state index in [1.807, 2.05) is 13.8 Å². The molecule has 2 heterocycles. The Kier molecular flexibility index (Phi) is 6.92. The molecule has 1 saturated carbocycles. The molecule has 2 aliphatic carbocycles. The summed E-state index contributed by atoms with van der Waals surface area (Å²) < 4.78 is 7.33. The summed E-state index contributed by atoms with van der Waals surface area (Å²) >= 11 is 1.67. The standard InChI is InChI=1S/C23H35N3O3S/c1-16(2)29-12-6-11-26-15-25-21-20(22(26)27)18-8-7-17(13-19(18)30-21)24-14-23(28)9-4-3-5-10-23/h15-17,24,28H,3-14H2,1-2H3. The molecule has 1 fully saturated rings. The molecule has 0 spiro atoms. The molecular formula is C23H35N3O3S. The third-order valence-corrected chi connectivity index (χ3v) is 7.70. The molecule has 0 aromatic carbocycles. The van der Waals surface area contributed by atoms with E-state index in [4.69, 9.17) is 4.74 Å². The normalized spacial score (nSPS) is 21.3. The third kappa shape index (κ3) is 4.96. The highest BCUT2D eigenvalue weighted by atomic mass is 32.1. The summed E-state index contributed by atoms with van der Waals surface area (Å²) in [7, 11) is 0. The first-order valence-electron chi connectivity index (χ1n) is 11.5. The Morgan fingerprint density at radius 3 is 2.93 bits per heavy atom. The molecule has 0 radical (unpaired) electrons. The zero-order valence-corrected chi connectivity index (χ0v) is 19.1. The number of nitrogens with zero attached hydrogens (tertiary/aromatic N) is 2. The number of aromatic nitrogens is 2. The van der Waals surface area contributed by atoms with Crippen molar-refractivity contribution in [1.82, 2.24) is 14.9 Å². The lowest BCUT2D eigenvalue weighted by Crippen LogP contribution is -2.47. The van der Waals surface area contributed by atoms with Crippen LogP contribution in [0.3, 0.4) is 0 Å². The fourth-order valence-electron chi connectivity index (χ4n) is 4.81. The molecule has 166 valence electrons. The Hall–Kier alpha value is -1.28. The number of hydrogen-bond acceptors (Lipinski definition) is 6. The van der Waals surface area contributed by atoms with Crippen LogP contribution in [0.15, 0.2) is 11.1 Å². The fourth-order valence-corrected chi connectivity index (χ4v) is 6.07. The SMILES string of the molecule is CC(C)OCCCn1cnc2sc3c(c2c1=O)CCC(NCC1(O)CCCCC1)C3. The van der Waals surface area contributed by atoms with Crippen molar-refractivity contribution in [2.75, 3.05) is 13.2 Å². The Morgan fingerprint density at radius 1 is 1.37 bits per heavy atom. The monoisotopic (exact) mass is 433 g/mol. The number of fused-ring (bicyclic) bond motifs is 3. The number of thiophene rings is 1. The smallest absolute Gasteiger partial charge is 0.262 e. The van der Waals surface area contributed by atoms with Crippen LogP contribution in [0, 0.1) is 0 Å². The lowest BCUT2D eigenvalue weighted by Gasteiger charge is -2.34. The highest BCUT2D eigenvalue weighted by molar-refractivity contribution is 7.18. The van der Waals surface area contributed by atoms with E-state index in [1.54, 1.807) is 22.2 Å². The van der Waals surface area contributed by atoms with Gasteiger partial charge in [0.25, 0.3) is 5.56 Å². The Bertz CT molecular complexity index is 914. The predicted octanol–water partition coefficient (Wildman–Crippen LogP) is 3.42. The maximum absolute atomic E-state index is 13.1. The number of aliphatic hydroxyl groups is 1. The molecule has 0 aliphatic heterocycles. The highest BCUT2D eigenvalue weighted by Crippen LogP contribution is 2.34. The molecule has 1 atom stereocenters. The van der Waals surface area contributed by atoms with E-state index in [0.29, 0.717) is 25.7 Å². The summed E-state index contributed by atoms with van der Waals surface area (Å²) in [6, 6.07) is 0.368. The number of ether oxygens (including phenoxy) is 1. The summed E-state index contributed by atoms with van der Waals surface area (Å²) in [5.41, 5.74) is 0.757. The Labute approximate surface area is 182 Å². The van der Waals surface area contributed by atoms with E-state index in [2.05, 4.69) is 10.3 Å². The first-order chi connectivity index (χ1) is 14.5. The first-order valence-corrected chi connectivity index (χ1v) is 12.3. The van der Waals surface area contributed by atoms with E-state index < -0.39 is 5.60 Å². The molecule has 2 aliphatic rings. The van der Waals surface area contributed by atoms with Gasteiger partial charge in [-0.2, -0.15) is 0 Å². The molecule has 1 unspecified atom stereocenters. The van der Waals surface area contributed by atoms with Crippen LogP contribution in [-0.2, 0) is 24.1 Å². The van der Waals surface area contributed by atoms with Crippen LogP contribution in [0.2, 0.25) is 0 Å². The molecule has 7 heteroatoms. The van der Waals surface area contributed by atoms with Gasteiger partial charge >= 0.3 is 0 Å². The van der Waals surface area contributed by atoms with Crippen molar-refractivity contribution in [3.63, 3.8) is 0 Å². The molecule has 30 heavy (non-hydrogen) atoms. The van der Waals surface area contributed by atoms with Gasteiger partial charge < -0.3 is 15.2 Å². The minimum atomic E-state index is -0.534. The van der Waals surface area contributed by atoms with Gasteiger partial charge in [-0.25, -0.2) is 4.98 Å². The minimum Gasteiger partial charge on any atom is -0.389 e. The van der Waals surface area contributed by atoms with E-state index >= 15 is 0 Å². The molecule has 0 saturated heterocycles. The van der Waals surface area contributed by atoms with Gasteiger partial charge in [-0.05, 0) is 57.9 Å². The average molecular weight is 434 g/mol. The maximum Gasteiger partial charge on any atom is 0.262 e. The summed E-state index contributed by atoms with van der Waals surface area (Å²) in [6.45, 7) is 6.02. The van der Waals surface area contributed by atoms with Crippen LogP contribution < -0.4 is 10.9 Å². The number of rotatable bonds is 8.